The molecule has 2 heterocycles. The molecule has 4 atom stereocenters. The molecule has 3 rings (SSSR count). The monoisotopic (exact) mass is 756 g/mol. The van der Waals surface area contributed by atoms with Crippen molar-refractivity contribution >= 4 is 64.4 Å². The molecular formula is C33H44N10O11. The summed E-state index contributed by atoms with van der Waals surface area (Å²) in [6.45, 7) is 6.64. The molecule has 0 spiro atoms. The van der Waals surface area contributed by atoms with Gasteiger partial charge in [0.25, 0.3) is 11.5 Å². The molecule has 0 saturated heterocycles. The number of hydrogen-bond donors (Lipinski definition) is 9. The number of aromatic amines is 1. The average Bonchev–Trinajstić information content (AvgIpc) is 3.12. The highest BCUT2D eigenvalue weighted by Gasteiger charge is 2.24. The van der Waals surface area contributed by atoms with E-state index in [9.17, 15) is 33.6 Å². The predicted octanol–water partition coefficient (Wildman–Crippen LogP) is -0.526. The van der Waals surface area contributed by atoms with Crippen molar-refractivity contribution in [3.63, 3.8) is 0 Å². The summed E-state index contributed by atoms with van der Waals surface area (Å²) in [6, 6.07) is 2.70. The van der Waals surface area contributed by atoms with Crippen LogP contribution in [0.3, 0.4) is 0 Å². The predicted molar refractivity (Wildman–Crippen MR) is 190 cm³/mol. The molecule has 0 aliphatic heterocycles. The van der Waals surface area contributed by atoms with E-state index >= 15 is 0 Å². The topological polar surface area (TPSA) is 349 Å². The fourth-order valence-corrected chi connectivity index (χ4v) is 4.20. The normalized spacial score (nSPS) is 12.4. The number of H-pyrrole nitrogens is 1. The number of carbonyl (C=O) groups is 6. The van der Waals surface area contributed by atoms with Gasteiger partial charge in [-0.05, 0) is 57.4 Å². The second-order valence-corrected chi connectivity index (χ2v) is 11.5. The number of anilines is 2. The van der Waals surface area contributed by atoms with Gasteiger partial charge in [0.2, 0.25) is 17.8 Å². The second-order valence-electron chi connectivity index (χ2n) is 11.5. The molecule has 292 valence electrons. The van der Waals surface area contributed by atoms with Crippen molar-refractivity contribution < 1.29 is 48.6 Å². The lowest BCUT2D eigenvalue weighted by Gasteiger charge is -2.19. The minimum atomic E-state index is -1.13. The third kappa shape index (κ3) is 15.7. The maximum Gasteiger partial charge on any atom is 0.373 e. The number of amides is 3. The smallest absolute Gasteiger partial charge is 0.373 e. The number of fused-ring (bicyclic) bond motifs is 1. The SMILES string of the molecule is CCCC(=O)CCC(N)C(=O)NC(C)C(=O)NC(CC)C(=O)O.C[C@@H](NC(=O)c1ccc(NCc2cnc3nc(N)[nH]c(=O)c3n2)cc1)C(=O)O.O=C=O. The Kier molecular flexibility index (Phi) is 19.4. The summed E-state index contributed by atoms with van der Waals surface area (Å²) in [4.78, 5) is 111. The lowest BCUT2D eigenvalue weighted by molar-refractivity contribution is -0.191. The van der Waals surface area contributed by atoms with Crippen molar-refractivity contribution in [2.45, 2.75) is 90.5 Å². The third-order valence-corrected chi connectivity index (χ3v) is 7.20. The Morgan fingerprint density at radius 1 is 0.889 bits per heavy atom. The molecule has 21 nitrogen and oxygen atoms in total. The summed E-state index contributed by atoms with van der Waals surface area (Å²) in [5.41, 5.74) is 12.5. The van der Waals surface area contributed by atoms with Gasteiger partial charge in [0.15, 0.2) is 11.2 Å². The van der Waals surface area contributed by atoms with Crippen LogP contribution in [0, 0.1) is 0 Å². The van der Waals surface area contributed by atoms with Crippen molar-refractivity contribution in [3.05, 3.63) is 52.1 Å². The number of aliphatic carboxylic acids is 2. The van der Waals surface area contributed by atoms with Crippen LogP contribution in [0.1, 0.15) is 75.9 Å². The summed E-state index contributed by atoms with van der Waals surface area (Å²) in [5, 5.41) is 27.9. The Morgan fingerprint density at radius 3 is 2.07 bits per heavy atom. The lowest BCUT2D eigenvalue weighted by Crippen LogP contribution is -2.53. The van der Waals surface area contributed by atoms with Crippen LogP contribution in [-0.4, -0.2) is 95.9 Å². The number of carbonyl (C=O) groups excluding carboxylic acids is 6. The first-order valence-corrected chi connectivity index (χ1v) is 16.5. The van der Waals surface area contributed by atoms with Gasteiger partial charge in [-0.25, -0.2) is 14.8 Å². The Morgan fingerprint density at radius 2 is 1.52 bits per heavy atom. The second kappa shape index (κ2) is 23.1. The highest BCUT2D eigenvalue weighted by atomic mass is 16.4. The van der Waals surface area contributed by atoms with E-state index in [1.54, 1.807) is 31.2 Å². The van der Waals surface area contributed by atoms with Crippen molar-refractivity contribution in [1.82, 2.24) is 35.9 Å². The fourth-order valence-electron chi connectivity index (χ4n) is 4.20. The van der Waals surface area contributed by atoms with Crippen molar-refractivity contribution in [2.24, 2.45) is 5.73 Å². The number of nitrogen functional groups attached to an aromatic ring is 1. The Balaban J connectivity index is 0.000000514. The van der Waals surface area contributed by atoms with Gasteiger partial charge < -0.3 is 42.9 Å². The number of rotatable bonds is 17. The average molecular weight is 757 g/mol. The number of nitrogens with zero attached hydrogens (tertiary/aromatic N) is 3. The summed E-state index contributed by atoms with van der Waals surface area (Å²) in [7, 11) is 0. The van der Waals surface area contributed by atoms with Crippen LogP contribution in [0.15, 0.2) is 35.3 Å². The van der Waals surface area contributed by atoms with Crippen molar-refractivity contribution in [2.75, 3.05) is 11.1 Å². The number of nitrogens with one attached hydrogen (secondary N) is 5. The quantitative estimate of drug-likeness (QED) is 0.0836. The summed E-state index contributed by atoms with van der Waals surface area (Å²) in [5.74, 6) is -3.84. The number of Topliss-reactive ketones (excluding diaryl/α,β-unsaturated/α-hetero) is 1. The number of carboxylic acid groups (broad SMARTS) is 2. The molecule has 3 unspecified atom stereocenters. The van der Waals surface area contributed by atoms with Crippen LogP contribution in [0.25, 0.3) is 11.2 Å². The van der Waals surface area contributed by atoms with Gasteiger partial charge in [-0.1, -0.05) is 13.8 Å². The van der Waals surface area contributed by atoms with Gasteiger partial charge in [0.1, 0.15) is 23.9 Å². The Labute approximate surface area is 308 Å². The molecule has 1 aromatic carbocycles. The maximum atomic E-state index is 12.0. The van der Waals surface area contributed by atoms with Crippen molar-refractivity contribution in [3.8, 4) is 0 Å². The first-order chi connectivity index (χ1) is 25.5. The number of nitrogens with two attached hydrogens (primary N) is 2. The van der Waals surface area contributed by atoms with Crippen LogP contribution in [0.2, 0.25) is 0 Å². The Hall–Kier alpha value is -6.60. The zero-order valence-corrected chi connectivity index (χ0v) is 30.0. The van der Waals surface area contributed by atoms with Gasteiger partial charge in [0.05, 0.1) is 24.5 Å². The minimum absolute atomic E-state index is 0.0282. The molecule has 0 aliphatic carbocycles. The molecule has 11 N–H and O–H groups in total. The van der Waals surface area contributed by atoms with E-state index in [2.05, 4.69) is 41.2 Å². The van der Waals surface area contributed by atoms with E-state index in [0.29, 0.717) is 23.4 Å². The van der Waals surface area contributed by atoms with Crippen LogP contribution in [0.4, 0.5) is 11.6 Å². The van der Waals surface area contributed by atoms with Crippen LogP contribution in [-0.2, 0) is 40.1 Å². The number of ketones is 1. The van der Waals surface area contributed by atoms with Gasteiger partial charge in [-0.2, -0.15) is 14.6 Å². The molecular weight excluding hydrogens is 712 g/mol. The lowest BCUT2D eigenvalue weighted by atomic mass is 10.1. The van der Waals surface area contributed by atoms with Gasteiger partial charge in [-0.15, -0.1) is 0 Å². The van der Waals surface area contributed by atoms with Gasteiger partial charge >= 0.3 is 18.1 Å². The fraction of sp³-hybridized carbons (Fsp3) is 0.424. The Bertz CT molecular complexity index is 1860. The molecule has 0 bridgehead atoms. The van der Waals surface area contributed by atoms with Crippen LogP contribution >= 0.6 is 0 Å². The van der Waals surface area contributed by atoms with Gasteiger partial charge in [-0.3, -0.25) is 33.8 Å². The van der Waals surface area contributed by atoms with E-state index in [4.69, 9.17) is 31.3 Å². The zero-order chi connectivity index (χ0) is 41.0. The van der Waals surface area contributed by atoms with E-state index in [1.807, 2.05) is 6.92 Å². The largest absolute Gasteiger partial charge is 0.480 e. The van der Waals surface area contributed by atoms with E-state index in [-0.39, 0.29) is 54.9 Å². The highest BCUT2D eigenvalue weighted by Crippen LogP contribution is 2.12. The molecule has 0 aliphatic rings. The molecule has 54 heavy (non-hydrogen) atoms. The minimum Gasteiger partial charge on any atom is -0.480 e. The maximum absolute atomic E-state index is 12.0. The zero-order valence-electron chi connectivity index (χ0n) is 30.0. The number of aromatic nitrogens is 4. The van der Waals surface area contributed by atoms with Crippen LogP contribution < -0.4 is 38.3 Å². The third-order valence-electron chi connectivity index (χ3n) is 7.20. The summed E-state index contributed by atoms with van der Waals surface area (Å²) in [6.07, 6.45) is 3.61. The summed E-state index contributed by atoms with van der Waals surface area (Å²) < 4.78 is 0. The molecule has 0 fully saturated rings. The number of benzene rings is 1. The molecule has 3 amide bonds. The molecule has 3 aromatic rings. The van der Waals surface area contributed by atoms with E-state index in [0.717, 1.165) is 6.42 Å². The van der Waals surface area contributed by atoms with Crippen molar-refractivity contribution in [1.29, 1.82) is 0 Å². The van der Waals surface area contributed by atoms with Crippen LogP contribution in [0.5, 0.6) is 0 Å². The summed E-state index contributed by atoms with van der Waals surface area (Å²) >= 11 is 0. The highest BCUT2D eigenvalue weighted by molar-refractivity contribution is 5.96. The first kappa shape index (κ1) is 45.4. The molecule has 0 radical (unpaired) electrons. The van der Waals surface area contributed by atoms with E-state index in [1.165, 1.54) is 20.0 Å². The standard InChI is InChI=1S/C17H17N7O4.C15H27N3O5.CO2/c1-8(16(27)28)21-14(25)9-2-4-10(5-3-9)19-6-11-7-20-13-12(22-11)15(26)24-17(18)23-13;1-4-6-10(19)7-8-11(16)14(21)17-9(3)13(20)18-12(5-2)15(22)23;2-1-3/h2-5,7-8,19H,6H2,1H3,(H,21,25)(H,27,28)(H3,18,20,23,24,26);9,11-12H,4-8,16H2,1-3H3,(H,17,21)(H,18,20)(H,22,23);/t8-;;/m1../s1. The molecule has 2 aromatic heterocycles. The number of carboxylic acids is 2. The first-order valence-electron chi connectivity index (χ1n) is 16.5. The molecule has 21 heteroatoms. The molecule has 0 saturated carbocycles. The van der Waals surface area contributed by atoms with E-state index < -0.39 is 59.4 Å². The number of hydrogen-bond acceptors (Lipinski definition) is 15. The van der Waals surface area contributed by atoms with Gasteiger partial charge in [0, 0.05) is 24.1 Å².